The van der Waals surface area contributed by atoms with Crippen LogP contribution in [0.5, 0.6) is 5.75 Å². The summed E-state index contributed by atoms with van der Waals surface area (Å²) >= 11 is 0. The molecule has 1 aromatic carbocycles. The van der Waals surface area contributed by atoms with Crippen LogP contribution in [0, 0.1) is 0 Å². The van der Waals surface area contributed by atoms with Crippen LogP contribution in [0.2, 0.25) is 0 Å². The number of hydrogen-bond acceptors (Lipinski definition) is 6. The first kappa shape index (κ1) is 19.3. The normalized spacial score (nSPS) is 11.5. The van der Waals surface area contributed by atoms with Crippen molar-refractivity contribution in [2.24, 2.45) is 0 Å². The van der Waals surface area contributed by atoms with Gasteiger partial charge in [0, 0.05) is 12.7 Å². The molecule has 0 heterocycles. The summed E-state index contributed by atoms with van der Waals surface area (Å²) in [7, 11) is 2.83. The lowest BCUT2D eigenvalue weighted by atomic mass is 10.2. The maximum absolute atomic E-state index is 11.8. The average Bonchev–Trinajstić information content (AvgIpc) is 2.52. The van der Waals surface area contributed by atoms with Gasteiger partial charge in [-0.2, -0.15) is 0 Å². The van der Waals surface area contributed by atoms with Crippen LogP contribution in [0.4, 0.5) is 4.79 Å². The number of alkyl carbamates (subject to hydrolysis) is 1. The van der Waals surface area contributed by atoms with Gasteiger partial charge < -0.3 is 19.5 Å². The molecule has 7 nitrogen and oxygen atoms in total. The van der Waals surface area contributed by atoms with Crippen LogP contribution < -0.4 is 15.4 Å². The van der Waals surface area contributed by atoms with Crippen molar-refractivity contribution < 1.29 is 23.8 Å². The van der Waals surface area contributed by atoms with Crippen molar-refractivity contribution in [2.45, 2.75) is 32.9 Å². The van der Waals surface area contributed by atoms with Gasteiger partial charge in [0.2, 0.25) is 0 Å². The van der Waals surface area contributed by atoms with E-state index in [-0.39, 0.29) is 5.70 Å². The van der Waals surface area contributed by atoms with E-state index < -0.39 is 17.7 Å². The van der Waals surface area contributed by atoms with Gasteiger partial charge in [0.1, 0.15) is 17.0 Å². The van der Waals surface area contributed by atoms with Crippen molar-refractivity contribution in [2.75, 3.05) is 14.2 Å². The van der Waals surface area contributed by atoms with Gasteiger partial charge in [0.25, 0.3) is 0 Å². The number of rotatable bonds is 6. The maximum Gasteiger partial charge on any atom is 0.412 e. The Labute approximate surface area is 142 Å². The average molecular weight is 336 g/mol. The predicted molar refractivity (Wildman–Crippen MR) is 89.3 cm³/mol. The summed E-state index contributed by atoms with van der Waals surface area (Å²) < 4.78 is 14.8. The van der Waals surface area contributed by atoms with E-state index in [0.717, 1.165) is 11.3 Å². The smallest absolute Gasteiger partial charge is 0.412 e. The highest BCUT2D eigenvalue weighted by Crippen LogP contribution is 2.11. The fourth-order valence-corrected chi connectivity index (χ4v) is 1.68. The lowest BCUT2D eigenvalue weighted by Gasteiger charge is -2.20. The van der Waals surface area contributed by atoms with Crippen LogP contribution in [0.3, 0.4) is 0 Å². The zero-order chi connectivity index (χ0) is 18.2. The van der Waals surface area contributed by atoms with Crippen molar-refractivity contribution in [3.63, 3.8) is 0 Å². The fourth-order valence-electron chi connectivity index (χ4n) is 1.68. The highest BCUT2D eigenvalue weighted by Gasteiger charge is 2.19. The van der Waals surface area contributed by atoms with Gasteiger partial charge in [-0.15, -0.1) is 0 Å². The Kier molecular flexibility index (Phi) is 7.10. The SMILES string of the molecule is COC(=O)/C(=C/NCc1ccc(OC)cc1)NC(=O)OC(C)(C)C. The maximum atomic E-state index is 11.8. The first-order chi connectivity index (χ1) is 11.2. The summed E-state index contributed by atoms with van der Waals surface area (Å²) in [5, 5.41) is 5.32. The van der Waals surface area contributed by atoms with Crippen LogP contribution in [-0.4, -0.2) is 31.9 Å². The molecule has 0 unspecified atom stereocenters. The van der Waals surface area contributed by atoms with Crippen LogP contribution in [0.25, 0.3) is 0 Å². The van der Waals surface area contributed by atoms with Gasteiger partial charge in [-0.1, -0.05) is 12.1 Å². The third kappa shape index (κ3) is 7.04. The molecule has 0 bridgehead atoms. The Bertz CT molecular complexity index is 588. The van der Waals surface area contributed by atoms with E-state index in [0.29, 0.717) is 6.54 Å². The quantitative estimate of drug-likeness (QED) is 0.612. The molecule has 132 valence electrons. The standard InChI is InChI=1S/C17H24N2O5/c1-17(2,3)24-16(21)19-14(15(20)23-5)11-18-10-12-6-8-13(22-4)9-7-12/h6-9,11,18H,10H2,1-5H3,(H,19,21)/b14-11-. The number of nitrogens with one attached hydrogen (secondary N) is 2. The topological polar surface area (TPSA) is 85.9 Å². The van der Waals surface area contributed by atoms with E-state index >= 15 is 0 Å². The number of carbonyl (C=O) groups is 2. The third-order valence-corrected chi connectivity index (χ3v) is 2.75. The molecule has 0 aliphatic rings. The Morgan fingerprint density at radius 3 is 2.25 bits per heavy atom. The molecule has 1 amide bonds. The summed E-state index contributed by atoms with van der Waals surface area (Å²) in [5.41, 5.74) is 0.274. The van der Waals surface area contributed by atoms with Crippen LogP contribution in [-0.2, 0) is 20.8 Å². The van der Waals surface area contributed by atoms with E-state index in [1.54, 1.807) is 27.9 Å². The minimum atomic E-state index is -0.731. The lowest BCUT2D eigenvalue weighted by Crippen LogP contribution is -2.35. The first-order valence-corrected chi connectivity index (χ1v) is 7.40. The second-order valence-electron chi connectivity index (χ2n) is 5.91. The summed E-state index contributed by atoms with van der Waals surface area (Å²) in [6, 6.07) is 7.44. The van der Waals surface area contributed by atoms with Crippen molar-refractivity contribution in [3.8, 4) is 5.75 Å². The van der Waals surface area contributed by atoms with Crippen molar-refractivity contribution in [3.05, 3.63) is 41.7 Å². The third-order valence-electron chi connectivity index (χ3n) is 2.75. The number of esters is 1. The second kappa shape index (κ2) is 8.81. The Balaban J connectivity index is 2.68. The lowest BCUT2D eigenvalue weighted by molar-refractivity contribution is -0.136. The van der Waals surface area contributed by atoms with E-state index in [1.807, 2.05) is 24.3 Å². The largest absolute Gasteiger partial charge is 0.497 e. The summed E-state index contributed by atoms with van der Waals surface area (Å²) in [5.74, 6) is 0.0826. The first-order valence-electron chi connectivity index (χ1n) is 7.40. The number of methoxy groups -OCH3 is 2. The predicted octanol–water partition coefficient (Wildman–Crippen LogP) is 2.32. The summed E-state index contributed by atoms with van der Waals surface area (Å²) in [4.78, 5) is 23.5. The van der Waals surface area contributed by atoms with E-state index in [4.69, 9.17) is 9.47 Å². The molecule has 0 aliphatic carbocycles. The highest BCUT2D eigenvalue weighted by molar-refractivity contribution is 5.92. The zero-order valence-electron chi connectivity index (χ0n) is 14.6. The summed E-state index contributed by atoms with van der Waals surface area (Å²) in [6.45, 7) is 5.66. The highest BCUT2D eigenvalue weighted by atomic mass is 16.6. The molecule has 0 aliphatic heterocycles. The molecule has 0 aromatic heterocycles. The molecule has 7 heteroatoms. The molecular formula is C17H24N2O5. The zero-order valence-corrected chi connectivity index (χ0v) is 14.6. The molecule has 24 heavy (non-hydrogen) atoms. The van der Waals surface area contributed by atoms with Crippen LogP contribution in [0.15, 0.2) is 36.2 Å². The van der Waals surface area contributed by atoms with Crippen molar-refractivity contribution in [1.29, 1.82) is 0 Å². The van der Waals surface area contributed by atoms with E-state index in [1.165, 1.54) is 13.3 Å². The van der Waals surface area contributed by atoms with Crippen LogP contribution >= 0.6 is 0 Å². The second-order valence-corrected chi connectivity index (χ2v) is 5.91. The molecule has 2 N–H and O–H groups in total. The molecule has 1 rings (SSSR count). The Morgan fingerprint density at radius 2 is 1.75 bits per heavy atom. The molecule has 0 saturated heterocycles. The number of ether oxygens (including phenoxy) is 3. The Hall–Kier alpha value is -2.70. The Morgan fingerprint density at radius 1 is 1.12 bits per heavy atom. The number of benzene rings is 1. The molecule has 0 atom stereocenters. The molecule has 0 fully saturated rings. The minimum absolute atomic E-state index is 0.0414. The van der Waals surface area contributed by atoms with Gasteiger partial charge in [0.05, 0.1) is 14.2 Å². The molecular weight excluding hydrogens is 312 g/mol. The van der Waals surface area contributed by atoms with Crippen molar-refractivity contribution in [1.82, 2.24) is 10.6 Å². The fraction of sp³-hybridized carbons (Fsp3) is 0.412. The van der Waals surface area contributed by atoms with Crippen LogP contribution in [0.1, 0.15) is 26.3 Å². The van der Waals surface area contributed by atoms with Gasteiger partial charge in [-0.3, -0.25) is 5.32 Å². The van der Waals surface area contributed by atoms with Gasteiger partial charge >= 0.3 is 12.1 Å². The number of amides is 1. The molecule has 0 spiro atoms. The molecule has 0 radical (unpaired) electrons. The molecule has 0 saturated carbocycles. The van der Waals surface area contributed by atoms with Crippen molar-refractivity contribution >= 4 is 12.1 Å². The van der Waals surface area contributed by atoms with Gasteiger partial charge in [-0.05, 0) is 38.5 Å². The monoisotopic (exact) mass is 336 g/mol. The van der Waals surface area contributed by atoms with Gasteiger partial charge in [-0.25, -0.2) is 9.59 Å². The minimum Gasteiger partial charge on any atom is -0.497 e. The number of hydrogen-bond donors (Lipinski definition) is 2. The van der Waals surface area contributed by atoms with E-state index in [2.05, 4.69) is 15.4 Å². The summed E-state index contributed by atoms with van der Waals surface area (Å²) in [6.07, 6.45) is 0.644. The number of carbonyl (C=O) groups excluding carboxylic acids is 2. The van der Waals surface area contributed by atoms with E-state index in [9.17, 15) is 9.59 Å². The van der Waals surface area contributed by atoms with Gasteiger partial charge in [0.15, 0.2) is 0 Å². The molecule has 1 aromatic rings.